The highest BCUT2D eigenvalue weighted by molar-refractivity contribution is 5.90. The first-order valence-electron chi connectivity index (χ1n) is 4.86. The largest absolute Gasteiger partial charge is 0.443 e. The lowest BCUT2D eigenvalue weighted by molar-refractivity contribution is -0.374. The van der Waals surface area contributed by atoms with E-state index in [0.29, 0.717) is 0 Å². The molecule has 0 aromatic carbocycles. The van der Waals surface area contributed by atoms with Crippen molar-refractivity contribution in [2.24, 2.45) is 5.41 Å². The van der Waals surface area contributed by atoms with Gasteiger partial charge in [-0.25, -0.2) is 0 Å². The SMILES string of the molecule is CC(C)(C)[C@@]1(C)O[C@@](O)(C(F)(F)F)CC1=O. The maximum atomic E-state index is 12.5. The van der Waals surface area contributed by atoms with E-state index in [0.717, 1.165) is 0 Å². The van der Waals surface area contributed by atoms with Gasteiger partial charge in [0.15, 0.2) is 5.78 Å². The summed E-state index contributed by atoms with van der Waals surface area (Å²) < 4.78 is 42.2. The van der Waals surface area contributed by atoms with Crippen LogP contribution in [0.4, 0.5) is 13.2 Å². The van der Waals surface area contributed by atoms with Gasteiger partial charge in [-0.05, 0) is 12.3 Å². The second-order valence-electron chi connectivity index (χ2n) is 5.27. The van der Waals surface area contributed by atoms with E-state index in [1.807, 2.05) is 0 Å². The third kappa shape index (κ3) is 1.73. The fourth-order valence-corrected chi connectivity index (χ4v) is 1.55. The number of halogens is 3. The third-order valence-electron chi connectivity index (χ3n) is 3.18. The maximum Gasteiger partial charge on any atom is 0.443 e. The van der Waals surface area contributed by atoms with E-state index in [1.165, 1.54) is 6.92 Å². The van der Waals surface area contributed by atoms with Crippen molar-refractivity contribution in [3.63, 3.8) is 0 Å². The molecule has 0 bridgehead atoms. The molecule has 6 heteroatoms. The minimum absolute atomic E-state index is 0.736. The molecule has 94 valence electrons. The topological polar surface area (TPSA) is 46.5 Å². The Balaban J connectivity index is 3.13. The minimum Gasteiger partial charge on any atom is -0.358 e. The zero-order chi connectivity index (χ0) is 13.0. The second-order valence-corrected chi connectivity index (χ2v) is 5.27. The van der Waals surface area contributed by atoms with Gasteiger partial charge in [-0.1, -0.05) is 20.8 Å². The molecule has 1 rings (SSSR count). The van der Waals surface area contributed by atoms with Crippen LogP contribution in [-0.2, 0) is 9.53 Å². The number of rotatable bonds is 0. The molecule has 1 aliphatic heterocycles. The quantitative estimate of drug-likeness (QED) is 0.704. The summed E-state index contributed by atoms with van der Waals surface area (Å²) in [6.45, 7) is 6.05. The summed E-state index contributed by atoms with van der Waals surface area (Å²) in [5.41, 5.74) is -2.45. The number of carbonyl (C=O) groups is 1. The number of aliphatic hydroxyl groups is 1. The summed E-state index contributed by atoms with van der Waals surface area (Å²) >= 11 is 0. The van der Waals surface area contributed by atoms with Crippen molar-refractivity contribution < 1.29 is 27.8 Å². The van der Waals surface area contributed by atoms with E-state index in [4.69, 9.17) is 0 Å². The molecule has 0 amide bonds. The Labute approximate surface area is 91.6 Å². The third-order valence-corrected chi connectivity index (χ3v) is 3.18. The summed E-state index contributed by atoms with van der Waals surface area (Å²) in [7, 11) is 0. The average molecular weight is 240 g/mol. The monoisotopic (exact) mass is 240 g/mol. The van der Waals surface area contributed by atoms with E-state index < -0.39 is 35.2 Å². The van der Waals surface area contributed by atoms with Gasteiger partial charge in [-0.2, -0.15) is 13.2 Å². The molecule has 2 atom stereocenters. The molecule has 0 aromatic heterocycles. The van der Waals surface area contributed by atoms with Crippen molar-refractivity contribution in [3.05, 3.63) is 0 Å². The first kappa shape index (κ1) is 13.4. The van der Waals surface area contributed by atoms with Crippen molar-refractivity contribution in [2.75, 3.05) is 0 Å². The first-order chi connectivity index (χ1) is 6.83. The standard InChI is InChI=1S/C10H15F3O3/c1-7(2,3)8(4)6(14)5-9(15,16-8)10(11,12)13/h15H,5H2,1-4H3/t8-,9+/m0/s1. The highest BCUT2D eigenvalue weighted by Crippen LogP contribution is 2.49. The zero-order valence-corrected chi connectivity index (χ0v) is 9.60. The predicted molar refractivity (Wildman–Crippen MR) is 49.6 cm³/mol. The zero-order valence-electron chi connectivity index (χ0n) is 9.60. The van der Waals surface area contributed by atoms with Gasteiger partial charge in [0.2, 0.25) is 0 Å². The molecular weight excluding hydrogens is 225 g/mol. The molecule has 1 saturated heterocycles. The van der Waals surface area contributed by atoms with Crippen LogP contribution in [-0.4, -0.2) is 28.5 Å². The van der Waals surface area contributed by atoms with E-state index in [9.17, 15) is 23.1 Å². The average Bonchev–Trinajstić information content (AvgIpc) is 2.21. The van der Waals surface area contributed by atoms with Crippen LogP contribution in [0.3, 0.4) is 0 Å². The normalized spacial score (nSPS) is 36.9. The van der Waals surface area contributed by atoms with Gasteiger partial charge in [-0.15, -0.1) is 0 Å². The molecule has 0 unspecified atom stereocenters. The Bertz CT molecular complexity index is 318. The van der Waals surface area contributed by atoms with Crippen molar-refractivity contribution in [2.45, 2.75) is 51.7 Å². The lowest BCUT2D eigenvalue weighted by Crippen LogP contribution is -2.50. The molecule has 1 heterocycles. The fourth-order valence-electron chi connectivity index (χ4n) is 1.55. The van der Waals surface area contributed by atoms with Crippen LogP contribution in [0.2, 0.25) is 0 Å². The van der Waals surface area contributed by atoms with Crippen LogP contribution in [0.1, 0.15) is 34.1 Å². The first-order valence-corrected chi connectivity index (χ1v) is 4.86. The van der Waals surface area contributed by atoms with E-state index in [1.54, 1.807) is 20.8 Å². The van der Waals surface area contributed by atoms with Crippen LogP contribution in [0.5, 0.6) is 0 Å². The van der Waals surface area contributed by atoms with Crippen LogP contribution >= 0.6 is 0 Å². The van der Waals surface area contributed by atoms with Crippen molar-refractivity contribution in [1.29, 1.82) is 0 Å². The number of alkyl halides is 3. The number of ether oxygens (including phenoxy) is 1. The Morgan fingerprint density at radius 2 is 1.75 bits per heavy atom. The lowest BCUT2D eigenvalue weighted by Gasteiger charge is -2.38. The summed E-state index contributed by atoms with van der Waals surface area (Å²) in [6, 6.07) is 0. The fraction of sp³-hybridized carbons (Fsp3) is 0.900. The van der Waals surface area contributed by atoms with E-state index >= 15 is 0 Å². The maximum absolute atomic E-state index is 12.5. The second kappa shape index (κ2) is 3.20. The molecule has 0 aliphatic carbocycles. The minimum atomic E-state index is -4.97. The number of Topliss-reactive ketones (excluding diaryl/α,β-unsaturated/α-hetero) is 1. The number of carbonyl (C=O) groups excluding carboxylic acids is 1. The summed E-state index contributed by atoms with van der Waals surface area (Å²) in [5.74, 6) is -4.09. The molecule has 1 aliphatic rings. The van der Waals surface area contributed by atoms with Crippen molar-refractivity contribution >= 4 is 5.78 Å². The van der Waals surface area contributed by atoms with Gasteiger partial charge >= 0.3 is 6.18 Å². The van der Waals surface area contributed by atoms with Crippen LogP contribution in [0, 0.1) is 5.41 Å². The number of hydrogen-bond donors (Lipinski definition) is 1. The smallest absolute Gasteiger partial charge is 0.358 e. The van der Waals surface area contributed by atoms with Crippen LogP contribution in [0.25, 0.3) is 0 Å². The predicted octanol–water partition coefficient (Wildman–Crippen LogP) is 2.03. The Morgan fingerprint density at radius 1 is 1.31 bits per heavy atom. The highest BCUT2D eigenvalue weighted by atomic mass is 19.4. The molecule has 3 nitrogen and oxygen atoms in total. The summed E-state index contributed by atoms with van der Waals surface area (Å²) in [4.78, 5) is 11.6. The Hall–Kier alpha value is -0.620. The molecule has 1 N–H and O–H groups in total. The van der Waals surface area contributed by atoms with E-state index in [2.05, 4.69) is 4.74 Å². The molecule has 0 saturated carbocycles. The summed E-state index contributed by atoms with van der Waals surface area (Å²) in [5, 5.41) is 9.33. The van der Waals surface area contributed by atoms with Gasteiger partial charge in [0.1, 0.15) is 5.60 Å². The molecule has 0 radical (unpaired) electrons. The highest BCUT2D eigenvalue weighted by Gasteiger charge is 2.68. The van der Waals surface area contributed by atoms with E-state index in [-0.39, 0.29) is 0 Å². The lowest BCUT2D eigenvalue weighted by atomic mass is 9.75. The molecule has 0 aromatic rings. The molecule has 16 heavy (non-hydrogen) atoms. The van der Waals surface area contributed by atoms with Gasteiger partial charge in [0, 0.05) is 0 Å². The Kier molecular flexibility index (Phi) is 2.69. The summed E-state index contributed by atoms with van der Waals surface area (Å²) in [6.07, 6.45) is -6.02. The van der Waals surface area contributed by atoms with Crippen LogP contribution < -0.4 is 0 Å². The van der Waals surface area contributed by atoms with Gasteiger partial charge < -0.3 is 9.84 Å². The molecule has 0 spiro atoms. The van der Waals surface area contributed by atoms with Crippen molar-refractivity contribution in [3.8, 4) is 0 Å². The van der Waals surface area contributed by atoms with Crippen LogP contribution in [0.15, 0.2) is 0 Å². The Morgan fingerprint density at radius 3 is 1.94 bits per heavy atom. The molecule has 1 fully saturated rings. The van der Waals surface area contributed by atoms with Gasteiger partial charge in [0.05, 0.1) is 6.42 Å². The molecular formula is C10H15F3O3. The number of hydrogen-bond acceptors (Lipinski definition) is 3. The van der Waals surface area contributed by atoms with Gasteiger partial charge in [0.25, 0.3) is 5.79 Å². The van der Waals surface area contributed by atoms with Crippen molar-refractivity contribution in [1.82, 2.24) is 0 Å². The number of ketones is 1. The van der Waals surface area contributed by atoms with Gasteiger partial charge in [-0.3, -0.25) is 4.79 Å².